The second-order valence-corrected chi connectivity index (χ2v) is 2.21. The molecule has 0 aliphatic heterocycles. The first-order valence-corrected chi connectivity index (χ1v) is 3.18. The second kappa shape index (κ2) is 4.35. The highest BCUT2D eigenvalue weighted by atomic mass is 15.4. The van der Waals surface area contributed by atoms with E-state index in [0.717, 1.165) is 18.7 Å². The second-order valence-electron chi connectivity index (χ2n) is 2.21. The highest BCUT2D eigenvalue weighted by molar-refractivity contribution is 4.81. The molecule has 0 bridgehead atoms. The number of rotatable bonds is 3. The van der Waals surface area contributed by atoms with Gasteiger partial charge in [0.05, 0.1) is 6.20 Å². The average molecular weight is 130 g/mol. The zero-order valence-corrected chi connectivity index (χ0v) is 6.22. The summed E-state index contributed by atoms with van der Waals surface area (Å²) in [6, 6.07) is 0. The van der Waals surface area contributed by atoms with Gasteiger partial charge in [-0.1, -0.05) is 6.92 Å². The van der Waals surface area contributed by atoms with Crippen LogP contribution in [0.3, 0.4) is 0 Å². The standard InChI is InChI=1S/C6H15N3/c1-3-4-9(8)5-6(2)7/h5H,3-4,7-8H2,1-2H3/p+1. The Labute approximate surface area is 56.3 Å². The molecular formula is C6H16N3+. The van der Waals surface area contributed by atoms with Crippen LogP contribution in [0.2, 0.25) is 0 Å². The largest absolute Gasteiger partial charge is 0.328 e. The highest BCUT2D eigenvalue weighted by Crippen LogP contribution is 1.84. The van der Waals surface area contributed by atoms with E-state index in [2.05, 4.69) is 12.7 Å². The van der Waals surface area contributed by atoms with Crippen molar-refractivity contribution in [1.82, 2.24) is 5.01 Å². The molecule has 0 atom stereocenters. The minimum Gasteiger partial charge on any atom is -0.328 e. The van der Waals surface area contributed by atoms with Crippen molar-refractivity contribution >= 4 is 0 Å². The van der Waals surface area contributed by atoms with Gasteiger partial charge in [0.15, 0.2) is 0 Å². The van der Waals surface area contributed by atoms with Gasteiger partial charge >= 0.3 is 0 Å². The molecule has 0 saturated carbocycles. The lowest BCUT2D eigenvalue weighted by atomic mass is 10.4. The third kappa shape index (κ3) is 5.33. The lowest BCUT2D eigenvalue weighted by Crippen LogP contribution is -2.47. The Kier molecular flexibility index (Phi) is 4.09. The van der Waals surface area contributed by atoms with Crippen molar-refractivity contribution in [1.29, 1.82) is 0 Å². The number of quaternary nitrogens is 1. The molecule has 0 aromatic heterocycles. The number of hydrogen-bond acceptors (Lipinski definition) is 2. The van der Waals surface area contributed by atoms with Crippen molar-refractivity contribution in [2.75, 3.05) is 6.54 Å². The molecule has 0 amide bonds. The fourth-order valence-electron chi connectivity index (χ4n) is 0.606. The minimum atomic E-state index is 0.896. The Bertz CT molecular complexity index is 94.5. The quantitative estimate of drug-likeness (QED) is 0.406. The van der Waals surface area contributed by atoms with Crippen molar-refractivity contribution < 1.29 is 5.73 Å². The van der Waals surface area contributed by atoms with Crippen molar-refractivity contribution in [2.24, 2.45) is 5.84 Å². The van der Waals surface area contributed by atoms with Gasteiger partial charge in [-0.15, -0.1) is 0 Å². The Morgan fingerprint density at radius 1 is 1.78 bits per heavy atom. The van der Waals surface area contributed by atoms with Gasteiger partial charge in [0.25, 0.3) is 0 Å². The molecule has 9 heavy (non-hydrogen) atoms. The molecule has 0 aromatic rings. The summed E-state index contributed by atoms with van der Waals surface area (Å²) in [6.07, 6.45) is 2.91. The molecule has 0 saturated heterocycles. The summed E-state index contributed by atoms with van der Waals surface area (Å²) in [6.45, 7) is 4.91. The molecule has 5 N–H and O–H groups in total. The van der Waals surface area contributed by atoms with Crippen LogP contribution in [0.15, 0.2) is 11.9 Å². The van der Waals surface area contributed by atoms with Crippen molar-refractivity contribution in [3.63, 3.8) is 0 Å². The molecule has 0 unspecified atom stereocenters. The summed E-state index contributed by atoms with van der Waals surface area (Å²) >= 11 is 0. The van der Waals surface area contributed by atoms with E-state index in [9.17, 15) is 0 Å². The van der Waals surface area contributed by atoms with Crippen LogP contribution < -0.4 is 11.6 Å². The van der Waals surface area contributed by atoms with E-state index in [1.807, 2.05) is 13.1 Å². The average Bonchev–Trinajstić information content (AvgIpc) is 1.63. The zero-order valence-electron chi connectivity index (χ0n) is 6.22. The molecule has 0 aromatic carbocycles. The van der Waals surface area contributed by atoms with E-state index in [4.69, 9.17) is 5.84 Å². The molecule has 0 fully saturated rings. The SMILES string of the molecule is CCCN(N)C=C(C)[NH3+]. The Morgan fingerprint density at radius 2 is 2.33 bits per heavy atom. The van der Waals surface area contributed by atoms with Crippen LogP contribution in [0.25, 0.3) is 0 Å². The fraction of sp³-hybridized carbons (Fsp3) is 0.667. The van der Waals surface area contributed by atoms with Crippen LogP contribution in [-0.4, -0.2) is 11.6 Å². The Hall–Kier alpha value is -0.540. The van der Waals surface area contributed by atoms with E-state index in [1.165, 1.54) is 0 Å². The van der Waals surface area contributed by atoms with Crippen molar-refractivity contribution in [3.8, 4) is 0 Å². The first kappa shape index (κ1) is 8.46. The van der Waals surface area contributed by atoms with Crippen LogP contribution in [0.1, 0.15) is 20.3 Å². The smallest absolute Gasteiger partial charge is 0.118 e. The summed E-state index contributed by atoms with van der Waals surface area (Å²) in [7, 11) is 0. The zero-order chi connectivity index (χ0) is 7.28. The van der Waals surface area contributed by atoms with Crippen molar-refractivity contribution in [3.05, 3.63) is 11.9 Å². The molecule has 0 aliphatic rings. The number of nitrogens with zero attached hydrogens (tertiary/aromatic N) is 1. The van der Waals surface area contributed by atoms with Gasteiger partial charge in [0, 0.05) is 13.5 Å². The lowest BCUT2D eigenvalue weighted by Gasteiger charge is -2.10. The third-order valence-electron chi connectivity index (χ3n) is 0.868. The highest BCUT2D eigenvalue weighted by Gasteiger charge is 1.89. The van der Waals surface area contributed by atoms with Gasteiger partial charge in [0.1, 0.15) is 5.70 Å². The number of allylic oxidation sites excluding steroid dienone is 1. The predicted molar refractivity (Wildman–Crippen MR) is 37.8 cm³/mol. The van der Waals surface area contributed by atoms with E-state index in [-0.39, 0.29) is 0 Å². The van der Waals surface area contributed by atoms with Gasteiger partial charge in [-0.3, -0.25) is 0 Å². The molecule has 0 aliphatic carbocycles. The normalized spacial score (nSPS) is 11.8. The first-order valence-electron chi connectivity index (χ1n) is 3.18. The maximum absolute atomic E-state index is 5.50. The summed E-state index contributed by atoms with van der Waals surface area (Å²) in [5.74, 6) is 5.50. The number of hydrazine groups is 1. The van der Waals surface area contributed by atoms with Gasteiger partial charge < -0.3 is 10.7 Å². The maximum atomic E-state index is 5.50. The van der Waals surface area contributed by atoms with Crippen LogP contribution in [0.4, 0.5) is 0 Å². The molecule has 54 valence electrons. The van der Waals surface area contributed by atoms with Crippen LogP contribution in [0, 0.1) is 0 Å². The Morgan fingerprint density at radius 3 is 2.67 bits per heavy atom. The monoisotopic (exact) mass is 130 g/mol. The van der Waals surface area contributed by atoms with Gasteiger partial charge in [-0.2, -0.15) is 0 Å². The molecule has 0 rings (SSSR count). The summed E-state index contributed by atoms with van der Waals surface area (Å²) < 4.78 is 0. The van der Waals surface area contributed by atoms with E-state index in [0.29, 0.717) is 0 Å². The number of hydrogen-bond donors (Lipinski definition) is 2. The molecule has 0 radical (unpaired) electrons. The van der Waals surface area contributed by atoms with Gasteiger partial charge in [0.2, 0.25) is 0 Å². The maximum Gasteiger partial charge on any atom is 0.118 e. The third-order valence-corrected chi connectivity index (χ3v) is 0.868. The van der Waals surface area contributed by atoms with Gasteiger partial charge in [-0.05, 0) is 6.42 Å². The minimum absolute atomic E-state index is 0.896. The van der Waals surface area contributed by atoms with E-state index >= 15 is 0 Å². The van der Waals surface area contributed by atoms with Crippen LogP contribution in [0.5, 0.6) is 0 Å². The summed E-state index contributed by atoms with van der Waals surface area (Å²) in [5, 5.41) is 1.66. The summed E-state index contributed by atoms with van der Waals surface area (Å²) in [4.78, 5) is 0. The molecule has 3 heteroatoms. The van der Waals surface area contributed by atoms with E-state index < -0.39 is 0 Å². The molecule has 3 nitrogen and oxygen atoms in total. The summed E-state index contributed by atoms with van der Waals surface area (Å²) in [5.41, 5.74) is 4.69. The van der Waals surface area contributed by atoms with E-state index in [1.54, 1.807) is 5.01 Å². The van der Waals surface area contributed by atoms with Crippen molar-refractivity contribution in [2.45, 2.75) is 20.3 Å². The topological polar surface area (TPSA) is 56.9 Å². The van der Waals surface area contributed by atoms with Crippen LogP contribution in [-0.2, 0) is 0 Å². The molecule has 0 spiro atoms. The molecule has 0 heterocycles. The first-order chi connectivity index (χ1) is 4.16. The van der Waals surface area contributed by atoms with Crippen LogP contribution >= 0.6 is 0 Å². The lowest BCUT2D eigenvalue weighted by molar-refractivity contribution is -0.303. The van der Waals surface area contributed by atoms with Gasteiger partial charge in [-0.25, -0.2) is 5.84 Å². The molecular weight excluding hydrogens is 114 g/mol. The predicted octanol–water partition coefficient (Wildman–Crippen LogP) is -0.325. The fourth-order valence-corrected chi connectivity index (χ4v) is 0.606. The Balaban J connectivity index is 3.49. The number of nitrogens with two attached hydrogens (primary N) is 1.